The maximum atomic E-state index is 12.4. The first-order valence-corrected chi connectivity index (χ1v) is 11.8. The second-order valence-corrected chi connectivity index (χ2v) is 9.09. The molecule has 5 heteroatoms. The summed E-state index contributed by atoms with van der Waals surface area (Å²) in [4.78, 5) is 12.4. The third-order valence-corrected chi connectivity index (χ3v) is 5.34. The molecule has 2 aromatic rings. The first-order chi connectivity index (χ1) is 16.2. The topological polar surface area (TPSA) is 68.9 Å². The fraction of sp³-hybridized carbons (Fsp3) is 0.414. The number of benzene rings is 1. The van der Waals surface area contributed by atoms with Crippen molar-refractivity contribution in [2.24, 2.45) is 0 Å². The minimum Gasteiger partial charge on any atom is -0.504 e. The van der Waals surface area contributed by atoms with Crippen molar-refractivity contribution >= 4 is 11.0 Å². The van der Waals surface area contributed by atoms with Crippen LogP contribution in [0.1, 0.15) is 67.2 Å². The van der Waals surface area contributed by atoms with E-state index in [0.29, 0.717) is 17.7 Å². The summed E-state index contributed by atoms with van der Waals surface area (Å²) in [5.41, 5.74) is 4.56. The molecular weight excluding hydrogens is 428 g/mol. The van der Waals surface area contributed by atoms with E-state index in [4.69, 9.17) is 13.9 Å². The van der Waals surface area contributed by atoms with Crippen LogP contribution in [0, 0.1) is 0 Å². The molecule has 184 valence electrons. The molecular formula is C29H38O5. The molecule has 1 N–H and O–H groups in total. The van der Waals surface area contributed by atoms with Gasteiger partial charge >= 0.3 is 5.63 Å². The molecule has 0 aliphatic rings. The lowest BCUT2D eigenvalue weighted by Gasteiger charge is -2.09. The first-order valence-electron chi connectivity index (χ1n) is 11.8. The molecule has 0 unspecified atom stereocenters. The molecule has 0 radical (unpaired) electrons. The Morgan fingerprint density at radius 3 is 1.97 bits per heavy atom. The van der Waals surface area contributed by atoms with Gasteiger partial charge in [0.1, 0.15) is 24.5 Å². The van der Waals surface area contributed by atoms with Gasteiger partial charge in [0, 0.05) is 6.07 Å². The highest BCUT2D eigenvalue weighted by Gasteiger charge is 2.15. The minimum absolute atomic E-state index is 0.176. The van der Waals surface area contributed by atoms with Gasteiger partial charge < -0.3 is 19.0 Å². The molecule has 1 heterocycles. The third kappa shape index (κ3) is 8.97. The SMILES string of the molecule is CC(C)=CCC/C(C)=C/COc1ccc2c(O)c(OC/C=C(\C)CCC=C(C)C)c(=O)oc2c1. The summed E-state index contributed by atoms with van der Waals surface area (Å²) in [5, 5.41) is 11.0. The highest BCUT2D eigenvalue weighted by atomic mass is 16.5. The van der Waals surface area contributed by atoms with E-state index in [-0.39, 0.29) is 23.7 Å². The lowest BCUT2D eigenvalue weighted by Crippen LogP contribution is -2.08. The molecule has 34 heavy (non-hydrogen) atoms. The quantitative estimate of drug-likeness (QED) is 0.257. The molecule has 0 atom stereocenters. The summed E-state index contributed by atoms with van der Waals surface area (Å²) in [7, 11) is 0. The zero-order valence-electron chi connectivity index (χ0n) is 21.4. The largest absolute Gasteiger partial charge is 0.504 e. The van der Waals surface area contributed by atoms with Crippen molar-refractivity contribution in [2.75, 3.05) is 13.2 Å². The zero-order valence-corrected chi connectivity index (χ0v) is 21.4. The van der Waals surface area contributed by atoms with Gasteiger partial charge in [0.15, 0.2) is 5.75 Å². The van der Waals surface area contributed by atoms with Crippen LogP contribution in [0.2, 0.25) is 0 Å². The summed E-state index contributed by atoms with van der Waals surface area (Å²) in [5.74, 6) is 0.167. The third-order valence-electron chi connectivity index (χ3n) is 5.34. The van der Waals surface area contributed by atoms with Gasteiger partial charge in [0.25, 0.3) is 0 Å². The Morgan fingerprint density at radius 1 is 0.853 bits per heavy atom. The second-order valence-electron chi connectivity index (χ2n) is 9.09. The Hall–Kier alpha value is -3.21. The molecule has 0 fully saturated rings. The van der Waals surface area contributed by atoms with Crippen LogP contribution in [0.15, 0.2) is 74.0 Å². The van der Waals surface area contributed by atoms with Crippen molar-refractivity contribution in [3.8, 4) is 17.2 Å². The Balaban J connectivity index is 2.02. The Kier molecular flexibility index (Phi) is 10.7. The van der Waals surface area contributed by atoms with E-state index < -0.39 is 5.63 Å². The van der Waals surface area contributed by atoms with Crippen molar-refractivity contribution in [2.45, 2.75) is 67.2 Å². The van der Waals surface area contributed by atoms with E-state index in [1.807, 2.05) is 19.1 Å². The molecule has 0 saturated heterocycles. The summed E-state index contributed by atoms with van der Waals surface area (Å²) < 4.78 is 16.7. The summed E-state index contributed by atoms with van der Waals surface area (Å²) in [6.07, 6.45) is 12.2. The molecule has 0 aliphatic heterocycles. The lowest BCUT2D eigenvalue weighted by atomic mass is 10.1. The van der Waals surface area contributed by atoms with E-state index in [1.54, 1.807) is 18.2 Å². The summed E-state index contributed by atoms with van der Waals surface area (Å²) in [6, 6.07) is 5.02. The van der Waals surface area contributed by atoms with Crippen LogP contribution in [0.4, 0.5) is 0 Å². The van der Waals surface area contributed by atoms with Crippen molar-refractivity contribution in [1.82, 2.24) is 0 Å². The van der Waals surface area contributed by atoms with Crippen LogP contribution in [0.25, 0.3) is 11.0 Å². The van der Waals surface area contributed by atoms with E-state index in [9.17, 15) is 9.90 Å². The lowest BCUT2D eigenvalue weighted by molar-refractivity contribution is 0.316. The van der Waals surface area contributed by atoms with Crippen molar-refractivity contribution in [3.05, 3.63) is 75.2 Å². The number of fused-ring (bicyclic) bond motifs is 1. The molecule has 0 amide bonds. The molecule has 0 aliphatic carbocycles. The average Bonchev–Trinajstić information content (AvgIpc) is 2.75. The molecule has 5 nitrogen and oxygen atoms in total. The van der Waals surface area contributed by atoms with E-state index >= 15 is 0 Å². The molecule has 1 aromatic heterocycles. The van der Waals surface area contributed by atoms with E-state index in [0.717, 1.165) is 31.3 Å². The Labute approximate surface area is 203 Å². The van der Waals surface area contributed by atoms with Crippen molar-refractivity contribution in [3.63, 3.8) is 0 Å². The maximum absolute atomic E-state index is 12.4. The standard InChI is InChI=1S/C29H38O5/c1-20(2)9-7-11-22(5)15-17-32-24-13-14-25-26(19-24)34-29(31)28(27(25)30)33-18-16-23(6)12-8-10-21(3)4/h9-10,13-16,19,30H,7-8,11-12,17-18H2,1-6H3/b22-15+,23-16+. The predicted octanol–water partition coefficient (Wildman–Crippen LogP) is 7.64. The fourth-order valence-corrected chi connectivity index (χ4v) is 3.29. The average molecular weight is 467 g/mol. The summed E-state index contributed by atoms with van der Waals surface area (Å²) in [6.45, 7) is 13.1. The normalized spacial score (nSPS) is 11.9. The van der Waals surface area contributed by atoms with Crippen LogP contribution in [-0.2, 0) is 0 Å². The van der Waals surface area contributed by atoms with Crippen LogP contribution < -0.4 is 15.1 Å². The number of allylic oxidation sites excluding steroid dienone is 6. The smallest absolute Gasteiger partial charge is 0.383 e. The van der Waals surface area contributed by atoms with Crippen LogP contribution >= 0.6 is 0 Å². The number of ether oxygens (including phenoxy) is 2. The highest BCUT2D eigenvalue weighted by molar-refractivity contribution is 5.86. The number of hydrogen-bond acceptors (Lipinski definition) is 5. The van der Waals surface area contributed by atoms with Gasteiger partial charge in [-0.1, -0.05) is 34.4 Å². The number of aromatic hydroxyl groups is 1. The molecule has 1 aromatic carbocycles. The van der Waals surface area contributed by atoms with E-state index in [2.05, 4.69) is 46.8 Å². The van der Waals surface area contributed by atoms with Gasteiger partial charge in [-0.3, -0.25) is 0 Å². The molecule has 0 saturated carbocycles. The van der Waals surface area contributed by atoms with Crippen molar-refractivity contribution in [1.29, 1.82) is 0 Å². The second kappa shape index (κ2) is 13.5. The summed E-state index contributed by atoms with van der Waals surface area (Å²) >= 11 is 0. The Morgan fingerprint density at radius 2 is 1.41 bits per heavy atom. The van der Waals surface area contributed by atoms with E-state index in [1.165, 1.54) is 16.7 Å². The Bertz CT molecular complexity index is 1140. The fourth-order valence-electron chi connectivity index (χ4n) is 3.29. The van der Waals surface area contributed by atoms with Gasteiger partial charge in [0.2, 0.25) is 5.75 Å². The van der Waals surface area contributed by atoms with Crippen LogP contribution in [0.5, 0.6) is 17.2 Å². The van der Waals surface area contributed by atoms with Crippen molar-refractivity contribution < 1.29 is 19.0 Å². The van der Waals surface area contributed by atoms with Gasteiger partial charge in [0.05, 0.1) is 5.39 Å². The highest BCUT2D eigenvalue weighted by Crippen LogP contribution is 2.33. The molecule has 2 rings (SSSR count). The molecule has 0 spiro atoms. The van der Waals surface area contributed by atoms with Gasteiger partial charge in [-0.15, -0.1) is 0 Å². The number of hydrogen-bond donors (Lipinski definition) is 1. The van der Waals surface area contributed by atoms with Crippen LogP contribution in [0.3, 0.4) is 0 Å². The maximum Gasteiger partial charge on any atom is 0.383 e. The number of rotatable bonds is 12. The van der Waals surface area contributed by atoms with Crippen LogP contribution in [-0.4, -0.2) is 18.3 Å². The van der Waals surface area contributed by atoms with Gasteiger partial charge in [-0.2, -0.15) is 0 Å². The molecule has 0 bridgehead atoms. The minimum atomic E-state index is -0.715. The predicted molar refractivity (Wildman–Crippen MR) is 140 cm³/mol. The first kappa shape index (κ1) is 27.0. The zero-order chi connectivity index (χ0) is 25.1. The van der Waals surface area contributed by atoms with Gasteiger partial charge in [-0.25, -0.2) is 4.79 Å². The monoisotopic (exact) mass is 466 g/mol. The van der Waals surface area contributed by atoms with Gasteiger partial charge in [-0.05, 0) is 91.5 Å².